The lowest BCUT2D eigenvalue weighted by molar-refractivity contribution is 0.0344. The van der Waals surface area contributed by atoms with Crippen molar-refractivity contribution in [3.63, 3.8) is 0 Å². The molecular weight excluding hydrogens is 204 g/mol. The standard InChI is InChI=1S/C12H16N2O2/c15-12(11-5-1-2-7-14-11)9-16-10-4-3-6-13-8-10/h1-2,5,7,10,13H,3-4,6,8-9H2/t10-/m0/s1. The number of pyridine rings is 1. The predicted octanol–water partition coefficient (Wildman–Crippen LogP) is 1.03. The number of Topliss-reactive ketones (excluding diaryl/α,β-unsaturated/α-hetero) is 1. The Labute approximate surface area is 95.0 Å². The number of hydrogen-bond acceptors (Lipinski definition) is 4. The summed E-state index contributed by atoms with van der Waals surface area (Å²) >= 11 is 0. The highest BCUT2D eigenvalue weighted by Gasteiger charge is 2.15. The molecule has 1 aliphatic heterocycles. The number of aromatic nitrogens is 1. The SMILES string of the molecule is O=C(CO[C@H]1CCCNC1)c1ccccn1. The van der Waals surface area contributed by atoms with Crippen molar-refractivity contribution in [3.8, 4) is 0 Å². The second-order valence-corrected chi connectivity index (χ2v) is 3.92. The van der Waals surface area contributed by atoms with Gasteiger partial charge in [-0.15, -0.1) is 0 Å². The first kappa shape index (κ1) is 11.2. The number of ketones is 1. The molecule has 1 aromatic rings. The highest BCUT2D eigenvalue weighted by atomic mass is 16.5. The molecule has 0 amide bonds. The van der Waals surface area contributed by atoms with Crippen molar-refractivity contribution < 1.29 is 9.53 Å². The van der Waals surface area contributed by atoms with Crippen molar-refractivity contribution in [2.45, 2.75) is 18.9 Å². The summed E-state index contributed by atoms with van der Waals surface area (Å²) in [6.45, 7) is 2.02. The molecule has 1 atom stereocenters. The number of carbonyl (C=O) groups excluding carboxylic acids is 1. The minimum Gasteiger partial charge on any atom is -0.369 e. The summed E-state index contributed by atoms with van der Waals surface area (Å²) in [7, 11) is 0. The van der Waals surface area contributed by atoms with Crippen molar-refractivity contribution in [1.29, 1.82) is 0 Å². The quantitative estimate of drug-likeness (QED) is 0.770. The van der Waals surface area contributed by atoms with Crippen LogP contribution in [0.4, 0.5) is 0 Å². The summed E-state index contributed by atoms with van der Waals surface area (Å²) in [4.78, 5) is 15.7. The normalized spacial score (nSPS) is 20.6. The number of rotatable bonds is 4. The Kier molecular flexibility index (Phi) is 4.02. The van der Waals surface area contributed by atoms with Gasteiger partial charge < -0.3 is 10.1 Å². The van der Waals surface area contributed by atoms with E-state index < -0.39 is 0 Å². The van der Waals surface area contributed by atoms with Crippen LogP contribution >= 0.6 is 0 Å². The molecule has 1 aliphatic rings. The molecule has 4 nitrogen and oxygen atoms in total. The lowest BCUT2D eigenvalue weighted by atomic mass is 10.1. The summed E-state index contributed by atoms with van der Waals surface area (Å²) in [6.07, 6.45) is 3.93. The van der Waals surface area contributed by atoms with Gasteiger partial charge in [0, 0.05) is 12.7 Å². The lowest BCUT2D eigenvalue weighted by Crippen LogP contribution is -2.36. The van der Waals surface area contributed by atoms with E-state index in [2.05, 4.69) is 10.3 Å². The van der Waals surface area contributed by atoms with Gasteiger partial charge in [0.2, 0.25) is 5.78 Å². The largest absolute Gasteiger partial charge is 0.369 e. The zero-order valence-corrected chi connectivity index (χ0v) is 9.19. The minimum atomic E-state index is -0.0498. The van der Waals surface area contributed by atoms with E-state index >= 15 is 0 Å². The van der Waals surface area contributed by atoms with Gasteiger partial charge in [-0.2, -0.15) is 0 Å². The van der Waals surface area contributed by atoms with Crippen LogP contribution in [-0.2, 0) is 4.74 Å². The number of piperidine rings is 1. The van der Waals surface area contributed by atoms with E-state index in [-0.39, 0.29) is 18.5 Å². The maximum Gasteiger partial charge on any atom is 0.206 e. The van der Waals surface area contributed by atoms with Crippen LogP contribution in [0.25, 0.3) is 0 Å². The second kappa shape index (κ2) is 5.72. The predicted molar refractivity (Wildman–Crippen MR) is 60.4 cm³/mol. The topological polar surface area (TPSA) is 51.2 Å². The Morgan fingerprint density at radius 2 is 2.50 bits per heavy atom. The van der Waals surface area contributed by atoms with Crippen molar-refractivity contribution in [1.82, 2.24) is 10.3 Å². The van der Waals surface area contributed by atoms with Gasteiger partial charge in [0.05, 0.1) is 6.10 Å². The highest BCUT2D eigenvalue weighted by Crippen LogP contribution is 2.06. The van der Waals surface area contributed by atoms with Crippen LogP contribution < -0.4 is 5.32 Å². The third-order valence-corrected chi connectivity index (χ3v) is 2.65. The van der Waals surface area contributed by atoms with Crippen molar-refractivity contribution in [2.24, 2.45) is 0 Å². The van der Waals surface area contributed by atoms with Gasteiger partial charge in [-0.05, 0) is 31.5 Å². The van der Waals surface area contributed by atoms with E-state index in [0.717, 1.165) is 25.9 Å². The molecule has 0 aliphatic carbocycles. The Balaban J connectivity index is 1.79. The van der Waals surface area contributed by atoms with Gasteiger partial charge in [-0.1, -0.05) is 6.07 Å². The maximum atomic E-state index is 11.7. The van der Waals surface area contributed by atoms with Crippen LogP contribution in [0.1, 0.15) is 23.3 Å². The van der Waals surface area contributed by atoms with E-state index in [0.29, 0.717) is 5.69 Å². The average Bonchev–Trinajstić information content (AvgIpc) is 2.38. The first-order valence-corrected chi connectivity index (χ1v) is 5.63. The summed E-state index contributed by atoms with van der Waals surface area (Å²) in [6, 6.07) is 5.32. The highest BCUT2D eigenvalue weighted by molar-refractivity contribution is 5.95. The zero-order chi connectivity index (χ0) is 11.2. The molecule has 0 aromatic carbocycles. The molecule has 2 heterocycles. The summed E-state index contributed by atoms with van der Waals surface area (Å²) < 4.78 is 5.55. The molecule has 1 saturated heterocycles. The van der Waals surface area contributed by atoms with Gasteiger partial charge in [0.25, 0.3) is 0 Å². The van der Waals surface area contributed by atoms with E-state index in [9.17, 15) is 4.79 Å². The Morgan fingerprint density at radius 1 is 1.56 bits per heavy atom. The summed E-state index contributed by atoms with van der Waals surface area (Å²) in [5.74, 6) is -0.0498. The molecule has 0 saturated carbocycles. The third kappa shape index (κ3) is 3.12. The van der Waals surface area contributed by atoms with Gasteiger partial charge in [0.15, 0.2) is 0 Å². The molecule has 86 valence electrons. The minimum absolute atomic E-state index is 0.0498. The molecule has 0 bridgehead atoms. The van der Waals surface area contributed by atoms with E-state index in [1.807, 2.05) is 6.07 Å². The van der Waals surface area contributed by atoms with E-state index in [1.165, 1.54) is 0 Å². The molecule has 4 heteroatoms. The fourth-order valence-corrected chi connectivity index (χ4v) is 1.76. The molecule has 1 N–H and O–H groups in total. The van der Waals surface area contributed by atoms with Crippen LogP contribution in [0.5, 0.6) is 0 Å². The zero-order valence-electron chi connectivity index (χ0n) is 9.19. The van der Waals surface area contributed by atoms with Gasteiger partial charge in [-0.25, -0.2) is 0 Å². The average molecular weight is 220 g/mol. The number of carbonyl (C=O) groups is 1. The maximum absolute atomic E-state index is 11.7. The molecule has 0 spiro atoms. The molecule has 0 radical (unpaired) electrons. The number of hydrogen-bond donors (Lipinski definition) is 1. The molecular formula is C12H16N2O2. The van der Waals surface area contributed by atoms with Crippen LogP contribution in [0, 0.1) is 0 Å². The van der Waals surface area contributed by atoms with Crippen molar-refractivity contribution in [3.05, 3.63) is 30.1 Å². The second-order valence-electron chi connectivity index (χ2n) is 3.92. The van der Waals surface area contributed by atoms with Gasteiger partial charge in [0.1, 0.15) is 12.3 Å². The Morgan fingerprint density at radius 3 is 3.19 bits per heavy atom. The first-order valence-electron chi connectivity index (χ1n) is 5.63. The molecule has 2 rings (SSSR count). The Bertz CT molecular complexity index is 334. The number of nitrogens with zero attached hydrogens (tertiary/aromatic N) is 1. The molecule has 1 fully saturated rings. The number of nitrogens with one attached hydrogen (secondary N) is 1. The fraction of sp³-hybridized carbons (Fsp3) is 0.500. The summed E-state index contributed by atoms with van der Waals surface area (Å²) in [5, 5.41) is 3.25. The smallest absolute Gasteiger partial charge is 0.206 e. The van der Waals surface area contributed by atoms with Crippen LogP contribution in [0.15, 0.2) is 24.4 Å². The van der Waals surface area contributed by atoms with Crippen LogP contribution in [0.2, 0.25) is 0 Å². The summed E-state index contributed by atoms with van der Waals surface area (Å²) in [5.41, 5.74) is 0.478. The molecule has 1 aromatic heterocycles. The third-order valence-electron chi connectivity index (χ3n) is 2.65. The first-order chi connectivity index (χ1) is 7.86. The number of ether oxygens (including phenoxy) is 1. The molecule has 0 unspecified atom stereocenters. The molecule has 16 heavy (non-hydrogen) atoms. The Hall–Kier alpha value is -1.26. The van der Waals surface area contributed by atoms with E-state index in [4.69, 9.17) is 4.74 Å². The van der Waals surface area contributed by atoms with Crippen molar-refractivity contribution in [2.75, 3.05) is 19.7 Å². The van der Waals surface area contributed by atoms with Crippen LogP contribution in [-0.4, -0.2) is 36.6 Å². The van der Waals surface area contributed by atoms with Gasteiger partial charge in [-0.3, -0.25) is 9.78 Å². The van der Waals surface area contributed by atoms with Crippen molar-refractivity contribution >= 4 is 5.78 Å². The monoisotopic (exact) mass is 220 g/mol. The fourth-order valence-electron chi connectivity index (χ4n) is 1.76. The van der Waals surface area contributed by atoms with Gasteiger partial charge >= 0.3 is 0 Å². The van der Waals surface area contributed by atoms with E-state index in [1.54, 1.807) is 18.3 Å². The lowest BCUT2D eigenvalue weighted by Gasteiger charge is -2.22. The van der Waals surface area contributed by atoms with Crippen LogP contribution in [0.3, 0.4) is 0 Å².